The third-order valence-corrected chi connectivity index (χ3v) is 12.4. The Balaban J connectivity index is 1.07. The molecular formula is C54H35NS. The van der Waals surface area contributed by atoms with Crippen molar-refractivity contribution in [2.24, 2.45) is 0 Å². The number of hydrogen-bond donors (Lipinski definition) is 0. The van der Waals surface area contributed by atoms with Crippen LogP contribution in [-0.2, 0) is 0 Å². The van der Waals surface area contributed by atoms with Crippen molar-refractivity contribution >= 4 is 80.9 Å². The second-order valence-corrected chi connectivity index (χ2v) is 15.6. The van der Waals surface area contributed by atoms with E-state index in [0.29, 0.717) is 0 Å². The number of anilines is 3. The summed E-state index contributed by atoms with van der Waals surface area (Å²) in [5.74, 6) is 0. The molecule has 0 aliphatic heterocycles. The summed E-state index contributed by atoms with van der Waals surface area (Å²) in [7, 11) is 0. The van der Waals surface area contributed by atoms with Crippen LogP contribution in [0.2, 0.25) is 0 Å². The highest BCUT2D eigenvalue weighted by molar-refractivity contribution is 7.26. The summed E-state index contributed by atoms with van der Waals surface area (Å²) in [6.45, 7) is 0. The average molecular weight is 730 g/mol. The van der Waals surface area contributed by atoms with Gasteiger partial charge in [0, 0.05) is 26.8 Å². The summed E-state index contributed by atoms with van der Waals surface area (Å²) in [5.41, 5.74) is 10.7. The summed E-state index contributed by atoms with van der Waals surface area (Å²) >= 11 is 1.87. The quantitative estimate of drug-likeness (QED) is 0.154. The predicted molar refractivity (Wildman–Crippen MR) is 243 cm³/mol. The maximum absolute atomic E-state index is 2.44. The molecule has 0 unspecified atom stereocenters. The molecule has 2 heteroatoms. The van der Waals surface area contributed by atoms with Crippen LogP contribution in [-0.4, -0.2) is 0 Å². The second-order valence-electron chi connectivity index (χ2n) is 14.5. The topological polar surface area (TPSA) is 3.24 Å². The molecular weight excluding hydrogens is 695 g/mol. The van der Waals surface area contributed by atoms with E-state index in [4.69, 9.17) is 0 Å². The van der Waals surface area contributed by atoms with E-state index in [1.54, 1.807) is 0 Å². The molecule has 0 fully saturated rings. The molecule has 0 spiro atoms. The van der Waals surface area contributed by atoms with Crippen LogP contribution in [0.5, 0.6) is 0 Å². The van der Waals surface area contributed by atoms with Crippen molar-refractivity contribution in [3.05, 3.63) is 212 Å². The number of benzene rings is 10. The molecule has 0 amide bonds. The van der Waals surface area contributed by atoms with Gasteiger partial charge in [0.05, 0.1) is 10.4 Å². The van der Waals surface area contributed by atoms with Crippen molar-refractivity contribution in [3.8, 4) is 33.4 Å². The molecule has 11 rings (SSSR count). The molecule has 56 heavy (non-hydrogen) atoms. The van der Waals surface area contributed by atoms with E-state index in [1.807, 2.05) is 11.3 Å². The average Bonchev–Trinajstić information content (AvgIpc) is 3.66. The zero-order valence-corrected chi connectivity index (χ0v) is 31.4. The minimum Gasteiger partial charge on any atom is -0.309 e. The molecule has 0 saturated carbocycles. The van der Waals surface area contributed by atoms with Crippen molar-refractivity contribution in [2.75, 3.05) is 4.90 Å². The van der Waals surface area contributed by atoms with Gasteiger partial charge in [0.1, 0.15) is 0 Å². The van der Waals surface area contributed by atoms with Crippen LogP contribution in [0, 0.1) is 0 Å². The van der Waals surface area contributed by atoms with Gasteiger partial charge in [-0.05, 0) is 114 Å². The first-order chi connectivity index (χ1) is 27.7. The number of thiophene rings is 1. The van der Waals surface area contributed by atoms with Crippen molar-refractivity contribution in [1.29, 1.82) is 0 Å². The van der Waals surface area contributed by atoms with Crippen LogP contribution in [0.3, 0.4) is 0 Å². The minimum atomic E-state index is 1.12. The van der Waals surface area contributed by atoms with E-state index >= 15 is 0 Å². The predicted octanol–water partition coefficient (Wildman–Crippen LogP) is 16.0. The molecule has 0 bridgehead atoms. The summed E-state index contributed by atoms with van der Waals surface area (Å²) in [6, 6.07) is 77.8. The lowest BCUT2D eigenvalue weighted by Crippen LogP contribution is -2.10. The third-order valence-electron chi connectivity index (χ3n) is 11.2. The Hall–Kier alpha value is -7.00. The Kier molecular flexibility index (Phi) is 7.75. The van der Waals surface area contributed by atoms with Crippen LogP contribution in [0.15, 0.2) is 212 Å². The number of hydrogen-bond acceptors (Lipinski definition) is 2. The molecule has 10 aromatic carbocycles. The molecule has 1 heterocycles. The molecule has 0 aliphatic carbocycles. The van der Waals surface area contributed by atoms with E-state index in [-0.39, 0.29) is 0 Å². The first kappa shape index (κ1) is 32.4. The normalized spacial score (nSPS) is 11.6. The maximum Gasteiger partial charge on any atom is 0.0640 e. The molecule has 11 aromatic rings. The zero-order chi connectivity index (χ0) is 37.0. The monoisotopic (exact) mass is 729 g/mol. The van der Waals surface area contributed by atoms with Crippen molar-refractivity contribution in [1.82, 2.24) is 0 Å². The number of fused-ring (bicyclic) bond motifs is 7. The summed E-state index contributed by atoms with van der Waals surface area (Å²) in [5, 5.41) is 10.1. The smallest absolute Gasteiger partial charge is 0.0640 e. The van der Waals surface area contributed by atoms with Gasteiger partial charge in [-0.1, -0.05) is 164 Å². The Morgan fingerprint density at radius 2 is 0.857 bits per heavy atom. The van der Waals surface area contributed by atoms with Gasteiger partial charge in [-0.25, -0.2) is 0 Å². The molecule has 0 aliphatic rings. The third kappa shape index (κ3) is 5.54. The van der Waals surface area contributed by atoms with Gasteiger partial charge in [-0.15, -0.1) is 11.3 Å². The van der Waals surface area contributed by atoms with Gasteiger partial charge in [-0.3, -0.25) is 0 Å². The molecule has 0 atom stereocenters. The van der Waals surface area contributed by atoms with Crippen LogP contribution in [0.1, 0.15) is 0 Å². The summed E-state index contributed by atoms with van der Waals surface area (Å²) < 4.78 is 2.58. The van der Waals surface area contributed by atoms with Crippen LogP contribution in [0.4, 0.5) is 17.1 Å². The Morgan fingerprint density at radius 3 is 1.66 bits per heavy atom. The van der Waals surface area contributed by atoms with E-state index in [2.05, 4.69) is 217 Å². The second kappa shape index (κ2) is 13.4. The van der Waals surface area contributed by atoms with Gasteiger partial charge in [0.25, 0.3) is 0 Å². The Labute approximate surface area is 330 Å². The molecule has 262 valence electrons. The summed E-state index contributed by atoms with van der Waals surface area (Å²) in [4.78, 5) is 2.44. The molecule has 0 radical (unpaired) electrons. The lowest BCUT2D eigenvalue weighted by Gasteiger charge is -2.27. The summed E-state index contributed by atoms with van der Waals surface area (Å²) in [6.07, 6.45) is 0. The highest BCUT2D eigenvalue weighted by Crippen LogP contribution is 2.46. The maximum atomic E-state index is 2.44. The first-order valence-electron chi connectivity index (χ1n) is 19.2. The van der Waals surface area contributed by atoms with Gasteiger partial charge >= 0.3 is 0 Å². The first-order valence-corrected chi connectivity index (χ1v) is 20.0. The van der Waals surface area contributed by atoms with Crippen LogP contribution < -0.4 is 4.90 Å². The molecule has 0 saturated heterocycles. The molecule has 1 nitrogen and oxygen atoms in total. The van der Waals surface area contributed by atoms with Crippen molar-refractivity contribution in [3.63, 3.8) is 0 Å². The number of rotatable bonds is 6. The van der Waals surface area contributed by atoms with Gasteiger partial charge < -0.3 is 4.90 Å². The largest absolute Gasteiger partial charge is 0.309 e. The fourth-order valence-electron chi connectivity index (χ4n) is 8.47. The van der Waals surface area contributed by atoms with Crippen molar-refractivity contribution in [2.45, 2.75) is 0 Å². The van der Waals surface area contributed by atoms with Gasteiger partial charge in [-0.2, -0.15) is 0 Å². The van der Waals surface area contributed by atoms with Gasteiger partial charge in [0.15, 0.2) is 0 Å². The molecule has 1 aromatic heterocycles. The fraction of sp³-hybridized carbons (Fsp3) is 0. The fourth-order valence-corrected chi connectivity index (χ4v) is 9.67. The van der Waals surface area contributed by atoms with E-state index in [0.717, 1.165) is 11.4 Å². The van der Waals surface area contributed by atoms with E-state index in [9.17, 15) is 0 Å². The van der Waals surface area contributed by atoms with Crippen LogP contribution >= 0.6 is 11.3 Å². The zero-order valence-electron chi connectivity index (χ0n) is 30.6. The highest BCUT2D eigenvalue weighted by atomic mass is 32.1. The minimum absolute atomic E-state index is 1.12. The Bertz CT molecular complexity index is 3240. The SMILES string of the molecule is c1ccc(-c2ccc3ccc4ccc(-c5cccc(N(c6ccc(-c7cccc8ccccc78)cc6)c6cccc7c6sc6ccccc67)c5)cc4c3c2)cc1. The van der Waals surface area contributed by atoms with E-state index in [1.165, 1.54) is 91.6 Å². The van der Waals surface area contributed by atoms with Crippen molar-refractivity contribution < 1.29 is 0 Å². The lowest BCUT2D eigenvalue weighted by molar-refractivity contribution is 1.30. The standard InChI is InChI=1S/C54H35NS/c1-2-11-36(12-3-1)42-27-25-39-23-24-40-26-28-43(35-51(40)50(39)34-42)41-15-8-16-45(33-41)55(52-21-10-20-49-48-18-6-7-22-53(48)56-54(49)52)44-31-29-38(30-32-44)47-19-9-14-37-13-4-5-17-46(37)47/h1-35H. The van der Waals surface area contributed by atoms with Gasteiger partial charge in [0.2, 0.25) is 0 Å². The lowest BCUT2D eigenvalue weighted by atomic mass is 9.94. The number of nitrogens with zero attached hydrogens (tertiary/aromatic N) is 1. The van der Waals surface area contributed by atoms with E-state index < -0.39 is 0 Å². The van der Waals surface area contributed by atoms with Crippen LogP contribution in [0.25, 0.3) is 85.9 Å². The molecule has 0 N–H and O–H groups in total. The highest BCUT2D eigenvalue weighted by Gasteiger charge is 2.19. The Morgan fingerprint density at radius 1 is 0.304 bits per heavy atom.